The smallest absolute Gasteiger partial charge is 0.123 e. The first-order valence-corrected chi connectivity index (χ1v) is 6.34. The van der Waals surface area contributed by atoms with E-state index in [1.807, 2.05) is 31.0 Å². The van der Waals surface area contributed by atoms with Crippen LogP contribution in [0.2, 0.25) is 0 Å². The standard InChI is InChI=1S/C16H19FN2/c1-11-4-7-14(8-5-11)19(3)16-9-6-13(17)10-15(16)12(2)18/h4-10,12H,18H2,1-3H3. The van der Waals surface area contributed by atoms with Crippen molar-refractivity contribution in [3.8, 4) is 0 Å². The van der Waals surface area contributed by atoms with Crippen molar-refractivity contribution >= 4 is 11.4 Å². The number of halogens is 1. The second-order valence-electron chi connectivity index (χ2n) is 4.89. The van der Waals surface area contributed by atoms with E-state index in [1.54, 1.807) is 6.07 Å². The zero-order valence-electron chi connectivity index (χ0n) is 11.5. The molecule has 0 aliphatic heterocycles. The molecule has 100 valence electrons. The van der Waals surface area contributed by atoms with E-state index in [4.69, 9.17) is 5.73 Å². The van der Waals surface area contributed by atoms with Crippen molar-refractivity contribution in [2.75, 3.05) is 11.9 Å². The summed E-state index contributed by atoms with van der Waals surface area (Å²) < 4.78 is 13.4. The van der Waals surface area contributed by atoms with Gasteiger partial charge in [0, 0.05) is 24.5 Å². The Morgan fingerprint density at radius 2 is 1.74 bits per heavy atom. The molecular weight excluding hydrogens is 239 g/mol. The molecule has 1 atom stereocenters. The molecule has 1 unspecified atom stereocenters. The number of hydrogen-bond donors (Lipinski definition) is 1. The Balaban J connectivity index is 2.43. The van der Waals surface area contributed by atoms with Crippen LogP contribution in [0, 0.1) is 12.7 Å². The van der Waals surface area contributed by atoms with E-state index in [-0.39, 0.29) is 11.9 Å². The highest BCUT2D eigenvalue weighted by Gasteiger charge is 2.13. The Kier molecular flexibility index (Phi) is 3.86. The monoisotopic (exact) mass is 258 g/mol. The summed E-state index contributed by atoms with van der Waals surface area (Å²) in [6, 6.07) is 12.7. The minimum Gasteiger partial charge on any atom is -0.344 e. The van der Waals surface area contributed by atoms with Crippen molar-refractivity contribution in [3.05, 3.63) is 59.4 Å². The summed E-state index contributed by atoms with van der Waals surface area (Å²) in [7, 11) is 1.96. The summed E-state index contributed by atoms with van der Waals surface area (Å²) in [6.07, 6.45) is 0. The third-order valence-corrected chi connectivity index (χ3v) is 3.26. The molecule has 0 heterocycles. The fraction of sp³-hybridized carbons (Fsp3) is 0.250. The maximum absolute atomic E-state index is 13.4. The molecule has 2 aromatic carbocycles. The molecule has 2 aromatic rings. The van der Waals surface area contributed by atoms with E-state index >= 15 is 0 Å². The summed E-state index contributed by atoms with van der Waals surface area (Å²) in [5, 5.41) is 0. The van der Waals surface area contributed by atoms with Crippen LogP contribution in [0.4, 0.5) is 15.8 Å². The van der Waals surface area contributed by atoms with Crippen molar-refractivity contribution in [2.45, 2.75) is 19.9 Å². The minimum atomic E-state index is -0.256. The molecule has 0 amide bonds. The highest BCUT2D eigenvalue weighted by atomic mass is 19.1. The van der Waals surface area contributed by atoms with Gasteiger partial charge in [-0.1, -0.05) is 17.7 Å². The van der Waals surface area contributed by atoms with Crippen molar-refractivity contribution in [3.63, 3.8) is 0 Å². The second kappa shape index (κ2) is 5.41. The maximum atomic E-state index is 13.4. The first-order chi connectivity index (χ1) is 8.99. The quantitative estimate of drug-likeness (QED) is 0.904. The average molecular weight is 258 g/mol. The Morgan fingerprint density at radius 3 is 2.32 bits per heavy atom. The first-order valence-electron chi connectivity index (χ1n) is 6.34. The summed E-state index contributed by atoms with van der Waals surface area (Å²) in [6.45, 7) is 3.91. The average Bonchev–Trinajstić information content (AvgIpc) is 2.38. The molecule has 3 heteroatoms. The predicted molar refractivity (Wildman–Crippen MR) is 78.2 cm³/mol. The molecule has 0 saturated carbocycles. The van der Waals surface area contributed by atoms with Crippen LogP contribution in [0.5, 0.6) is 0 Å². The SMILES string of the molecule is Cc1ccc(N(C)c2ccc(F)cc2C(C)N)cc1. The number of nitrogens with zero attached hydrogens (tertiary/aromatic N) is 1. The molecule has 0 aliphatic carbocycles. The lowest BCUT2D eigenvalue weighted by atomic mass is 10.1. The van der Waals surface area contributed by atoms with Gasteiger partial charge in [-0.3, -0.25) is 0 Å². The van der Waals surface area contributed by atoms with Crippen molar-refractivity contribution in [1.29, 1.82) is 0 Å². The van der Waals surface area contributed by atoms with Gasteiger partial charge in [0.25, 0.3) is 0 Å². The largest absolute Gasteiger partial charge is 0.344 e. The molecule has 2 nitrogen and oxygen atoms in total. The summed E-state index contributed by atoms with van der Waals surface area (Å²) >= 11 is 0. The summed E-state index contributed by atoms with van der Waals surface area (Å²) in [4.78, 5) is 2.03. The van der Waals surface area contributed by atoms with E-state index in [2.05, 4.69) is 19.1 Å². The third-order valence-electron chi connectivity index (χ3n) is 3.26. The fourth-order valence-electron chi connectivity index (χ4n) is 2.10. The molecule has 0 spiro atoms. The lowest BCUT2D eigenvalue weighted by molar-refractivity contribution is 0.622. The van der Waals surface area contributed by atoms with Gasteiger partial charge in [0.1, 0.15) is 5.82 Å². The Hall–Kier alpha value is -1.87. The zero-order chi connectivity index (χ0) is 14.0. The van der Waals surface area contributed by atoms with Crippen LogP contribution in [0.1, 0.15) is 24.1 Å². The molecule has 0 bridgehead atoms. The van der Waals surface area contributed by atoms with Gasteiger partial charge < -0.3 is 10.6 Å². The summed E-state index contributed by atoms with van der Waals surface area (Å²) in [5.41, 5.74) is 9.94. The number of aryl methyl sites for hydroxylation is 1. The third kappa shape index (κ3) is 2.93. The van der Waals surface area contributed by atoms with Gasteiger partial charge in [-0.2, -0.15) is 0 Å². The van der Waals surface area contributed by atoms with Crippen LogP contribution in [0.3, 0.4) is 0 Å². The van der Waals surface area contributed by atoms with E-state index in [0.717, 1.165) is 16.9 Å². The molecule has 19 heavy (non-hydrogen) atoms. The van der Waals surface area contributed by atoms with E-state index in [1.165, 1.54) is 17.7 Å². The highest BCUT2D eigenvalue weighted by Crippen LogP contribution is 2.30. The summed E-state index contributed by atoms with van der Waals surface area (Å²) in [5.74, 6) is -0.256. The Labute approximate surface area is 113 Å². The van der Waals surface area contributed by atoms with Crippen molar-refractivity contribution in [1.82, 2.24) is 0 Å². The van der Waals surface area contributed by atoms with E-state index in [9.17, 15) is 4.39 Å². The minimum absolute atomic E-state index is 0.210. The number of benzene rings is 2. The molecular formula is C16H19FN2. The van der Waals surface area contributed by atoms with Gasteiger partial charge in [-0.25, -0.2) is 4.39 Å². The van der Waals surface area contributed by atoms with E-state index in [0.29, 0.717) is 0 Å². The van der Waals surface area contributed by atoms with Gasteiger partial charge in [0.2, 0.25) is 0 Å². The first kappa shape index (κ1) is 13.6. The molecule has 2 rings (SSSR count). The lowest BCUT2D eigenvalue weighted by Crippen LogP contribution is -2.16. The lowest BCUT2D eigenvalue weighted by Gasteiger charge is -2.24. The number of hydrogen-bond acceptors (Lipinski definition) is 2. The van der Waals surface area contributed by atoms with Crippen LogP contribution < -0.4 is 10.6 Å². The van der Waals surface area contributed by atoms with Crippen LogP contribution in [0.25, 0.3) is 0 Å². The Morgan fingerprint density at radius 1 is 1.11 bits per heavy atom. The number of nitrogens with two attached hydrogens (primary N) is 1. The fourth-order valence-corrected chi connectivity index (χ4v) is 2.10. The second-order valence-corrected chi connectivity index (χ2v) is 4.89. The van der Waals surface area contributed by atoms with Gasteiger partial charge in [-0.05, 0) is 49.7 Å². The topological polar surface area (TPSA) is 29.3 Å². The van der Waals surface area contributed by atoms with Crippen molar-refractivity contribution < 1.29 is 4.39 Å². The van der Waals surface area contributed by atoms with Crippen LogP contribution in [-0.4, -0.2) is 7.05 Å². The predicted octanol–water partition coefficient (Wildman–Crippen LogP) is 3.92. The van der Waals surface area contributed by atoms with Gasteiger partial charge in [0.05, 0.1) is 0 Å². The molecule has 0 aliphatic rings. The zero-order valence-corrected chi connectivity index (χ0v) is 11.5. The molecule has 0 saturated heterocycles. The Bertz CT molecular complexity index is 561. The van der Waals surface area contributed by atoms with E-state index < -0.39 is 0 Å². The normalized spacial score (nSPS) is 12.3. The maximum Gasteiger partial charge on any atom is 0.123 e. The molecule has 2 N–H and O–H groups in total. The molecule has 0 aromatic heterocycles. The van der Waals surface area contributed by atoms with Gasteiger partial charge in [0.15, 0.2) is 0 Å². The number of anilines is 2. The van der Waals surface area contributed by atoms with Crippen LogP contribution in [-0.2, 0) is 0 Å². The molecule has 0 radical (unpaired) electrons. The molecule has 0 fully saturated rings. The van der Waals surface area contributed by atoms with Gasteiger partial charge >= 0.3 is 0 Å². The van der Waals surface area contributed by atoms with Crippen molar-refractivity contribution in [2.24, 2.45) is 5.73 Å². The number of rotatable bonds is 3. The van der Waals surface area contributed by atoms with Gasteiger partial charge in [-0.15, -0.1) is 0 Å². The van der Waals surface area contributed by atoms with Crippen LogP contribution in [0.15, 0.2) is 42.5 Å². The van der Waals surface area contributed by atoms with Crippen LogP contribution >= 0.6 is 0 Å². The highest BCUT2D eigenvalue weighted by molar-refractivity contribution is 5.66.